The van der Waals surface area contributed by atoms with Crippen LogP contribution in [-0.2, 0) is 26.2 Å². The maximum Gasteiger partial charge on any atom is 0.264 e. The van der Waals surface area contributed by atoms with Gasteiger partial charge >= 0.3 is 0 Å². The van der Waals surface area contributed by atoms with Gasteiger partial charge in [-0.1, -0.05) is 73.5 Å². The molecule has 3 aromatic carbocycles. The number of methoxy groups -OCH3 is 1. The first-order valence-corrected chi connectivity index (χ1v) is 15.4. The van der Waals surface area contributed by atoms with Gasteiger partial charge in [0.25, 0.3) is 10.0 Å². The van der Waals surface area contributed by atoms with E-state index in [4.69, 9.17) is 16.3 Å². The first kappa shape index (κ1) is 32.0. The Hall–Kier alpha value is -3.56. The normalized spacial score (nSPS) is 12.7. The molecule has 3 rings (SSSR count). The first-order chi connectivity index (χ1) is 19.5. The Morgan fingerprint density at radius 1 is 0.976 bits per heavy atom. The fourth-order valence-corrected chi connectivity index (χ4v) is 5.99. The molecule has 10 heteroatoms. The zero-order chi connectivity index (χ0) is 30.2. The molecule has 0 saturated heterocycles. The minimum absolute atomic E-state index is 0.0198. The highest BCUT2D eigenvalue weighted by Crippen LogP contribution is 2.32. The largest absolute Gasteiger partial charge is 0.495 e. The minimum Gasteiger partial charge on any atom is -0.495 e. The Morgan fingerprint density at radius 3 is 2.20 bits per heavy atom. The number of hydrogen-bond acceptors (Lipinski definition) is 5. The molecule has 0 heterocycles. The van der Waals surface area contributed by atoms with Gasteiger partial charge in [-0.2, -0.15) is 0 Å². The smallest absolute Gasteiger partial charge is 0.264 e. The average molecular weight is 600 g/mol. The predicted molar refractivity (Wildman–Crippen MR) is 163 cm³/mol. The van der Waals surface area contributed by atoms with Crippen LogP contribution in [-0.4, -0.2) is 50.9 Å². The summed E-state index contributed by atoms with van der Waals surface area (Å²) >= 11 is 6.37. The molecule has 3 aromatic rings. The quantitative estimate of drug-likeness (QED) is 0.277. The van der Waals surface area contributed by atoms with Gasteiger partial charge in [0.05, 0.1) is 22.7 Å². The summed E-state index contributed by atoms with van der Waals surface area (Å²) in [5.74, 6) is -0.442. The minimum atomic E-state index is -4.19. The standard InChI is InChI=1S/C31H38ClN3O5S/c1-6-23(4)33-31(37)28(7-2)34(20-24-15-13-22(3)14-16-24)30(36)21-35(25-17-18-29(40-5)27(32)19-25)41(38,39)26-11-9-8-10-12-26/h8-19,23,28H,6-7,20-21H2,1-5H3,(H,33,37)/t23-,28+/m1/s1. The molecule has 0 bridgehead atoms. The van der Waals surface area contributed by atoms with E-state index >= 15 is 0 Å². The van der Waals surface area contributed by atoms with Crippen LogP contribution in [0.1, 0.15) is 44.7 Å². The molecule has 0 spiro atoms. The van der Waals surface area contributed by atoms with Gasteiger partial charge < -0.3 is 15.0 Å². The monoisotopic (exact) mass is 599 g/mol. The molecule has 0 aromatic heterocycles. The number of hydrogen-bond donors (Lipinski definition) is 1. The Kier molecular flexibility index (Phi) is 11.2. The molecule has 41 heavy (non-hydrogen) atoms. The molecular formula is C31H38ClN3O5S. The number of ether oxygens (including phenoxy) is 1. The topological polar surface area (TPSA) is 96.0 Å². The summed E-state index contributed by atoms with van der Waals surface area (Å²) in [7, 11) is -2.73. The number of rotatable bonds is 13. The molecule has 0 unspecified atom stereocenters. The van der Waals surface area contributed by atoms with Gasteiger partial charge in [0, 0.05) is 12.6 Å². The number of carbonyl (C=O) groups is 2. The van der Waals surface area contributed by atoms with Crippen LogP contribution in [0.25, 0.3) is 0 Å². The van der Waals surface area contributed by atoms with Gasteiger partial charge in [0.15, 0.2) is 0 Å². The molecule has 2 atom stereocenters. The highest BCUT2D eigenvalue weighted by Gasteiger charge is 2.34. The molecule has 8 nitrogen and oxygen atoms in total. The Labute approximate surface area is 248 Å². The van der Waals surface area contributed by atoms with Crippen molar-refractivity contribution >= 4 is 39.1 Å². The van der Waals surface area contributed by atoms with E-state index in [-0.39, 0.29) is 34.1 Å². The second kappa shape index (κ2) is 14.4. The Morgan fingerprint density at radius 2 is 1.63 bits per heavy atom. The summed E-state index contributed by atoms with van der Waals surface area (Å²) < 4.78 is 34.1. The first-order valence-electron chi connectivity index (χ1n) is 13.6. The molecular weight excluding hydrogens is 562 g/mol. The number of aryl methyl sites for hydroxylation is 1. The third-order valence-corrected chi connectivity index (χ3v) is 8.98. The number of benzene rings is 3. The molecule has 0 aliphatic heterocycles. The van der Waals surface area contributed by atoms with Crippen LogP contribution in [0.15, 0.2) is 77.7 Å². The number of halogens is 1. The van der Waals surface area contributed by atoms with E-state index in [2.05, 4.69) is 5.32 Å². The van der Waals surface area contributed by atoms with Crippen molar-refractivity contribution in [3.8, 4) is 5.75 Å². The fraction of sp³-hybridized carbons (Fsp3) is 0.355. The molecule has 220 valence electrons. The van der Waals surface area contributed by atoms with Gasteiger partial charge in [-0.05, 0) is 62.6 Å². The van der Waals surface area contributed by atoms with Crippen LogP contribution in [0.3, 0.4) is 0 Å². The lowest BCUT2D eigenvalue weighted by Gasteiger charge is -2.33. The van der Waals surface area contributed by atoms with Gasteiger partial charge in [0.1, 0.15) is 18.3 Å². The lowest BCUT2D eigenvalue weighted by molar-refractivity contribution is -0.140. The lowest BCUT2D eigenvalue weighted by Crippen LogP contribution is -2.53. The molecule has 0 fully saturated rings. The van der Waals surface area contributed by atoms with Crippen LogP contribution in [0, 0.1) is 6.92 Å². The van der Waals surface area contributed by atoms with E-state index in [0.717, 1.165) is 21.9 Å². The van der Waals surface area contributed by atoms with Crippen molar-refractivity contribution in [3.05, 3.63) is 88.9 Å². The predicted octanol–water partition coefficient (Wildman–Crippen LogP) is 5.57. The molecule has 0 aliphatic rings. The summed E-state index contributed by atoms with van der Waals surface area (Å²) in [5.41, 5.74) is 2.08. The number of nitrogens with zero attached hydrogens (tertiary/aromatic N) is 2. The van der Waals surface area contributed by atoms with Crippen molar-refractivity contribution in [2.75, 3.05) is 18.0 Å². The van der Waals surface area contributed by atoms with Crippen LogP contribution in [0.5, 0.6) is 5.75 Å². The van der Waals surface area contributed by atoms with Crippen LogP contribution < -0.4 is 14.4 Å². The fourth-order valence-electron chi connectivity index (χ4n) is 4.31. The van der Waals surface area contributed by atoms with E-state index in [9.17, 15) is 18.0 Å². The van der Waals surface area contributed by atoms with E-state index in [1.807, 2.05) is 52.0 Å². The number of carbonyl (C=O) groups excluding carboxylic acids is 2. The summed E-state index contributed by atoms with van der Waals surface area (Å²) in [6, 6.07) is 19.2. The summed E-state index contributed by atoms with van der Waals surface area (Å²) in [6.07, 6.45) is 1.08. The third-order valence-electron chi connectivity index (χ3n) is 6.89. The third kappa shape index (κ3) is 8.01. The Balaban J connectivity index is 2.08. The van der Waals surface area contributed by atoms with Crippen molar-refractivity contribution in [1.29, 1.82) is 0 Å². The van der Waals surface area contributed by atoms with Crippen LogP contribution in [0.2, 0.25) is 5.02 Å². The summed E-state index contributed by atoms with van der Waals surface area (Å²) in [4.78, 5) is 29.0. The van der Waals surface area contributed by atoms with Crippen molar-refractivity contribution in [2.24, 2.45) is 0 Å². The highest BCUT2D eigenvalue weighted by molar-refractivity contribution is 7.92. The van der Waals surface area contributed by atoms with Crippen molar-refractivity contribution in [2.45, 2.75) is 64.1 Å². The number of amides is 2. The second-order valence-corrected chi connectivity index (χ2v) is 12.2. The van der Waals surface area contributed by atoms with Gasteiger partial charge in [0.2, 0.25) is 11.8 Å². The van der Waals surface area contributed by atoms with Gasteiger partial charge in [-0.15, -0.1) is 0 Å². The zero-order valence-electron chi connectivity index (χ0n) is 24.1. The number of sulfonamides is 1. The number of nitrogens with one attached hydrogen (secondary N) is 1. The van der Waals surface area contributed by atoms with Crippen molar-refractivity contribution in [1.82, 2.24) is 10.2 Å². The van der Waals surface area contributed by atoms with E-state index < -0.39 is 28.5 Å². The van der Waals surface area contributed by atoms with Crippen LogP contribution in [0.4, 0.5) is 5.69 Å². The van der Waals surface area contributed by atoms with Gasteiger partial charge in [-0.3, -0.25) is 13.9 Å². The summed E-state index contributed by atoms with van der Waals surface area (Å²) in [5, 5.41) is 3.17. The van der Waals surface area contributed by atoms with Crippen LogP contribution >= 0.6 is 11.6 Å². The van der Waals surface area contributed by atoms with Crippen molar-refractivity contribution in [3.63, 3.8) is 0 Å². The highest BCUT2D eigenvalue weighted by atomic mass is 35.5. The molecule has 1 N–H and O–H groups in total. The van der Waals surface area contributed by atoms with Crippen molar-refractivity contribution < 1.29 is 22.7 Å². The molecule has 0 radical (unpaired) electrons. The SMILES string of the molecule is CC[C@@H](C)NC(=O)[C@H](CC)N(Cc1ccc(C)cc1)C(=O)CN(c1ccc(OC)c(Cl)c1)S(=O)(=O)c1ccccc1. The molecule has 0 saturated carbocycles. The number of anilines is 1. The maximum absolute atomic E-state index is 14.1. The zero-order valence-corrected chi connectivity index (χ0v) is 25.7. The molecule has 0 aliphatic carbocycles. The average Bonchev–Trinajstić information content (AvgIpc) is 2.96. The summed E-state index contributed by atoms with van der Waals surface area (Å²) in [6.45, 7) is 7.25. The maximum atomic E-state index is 14.1. The molecule has 2 amide bonds. The van der Waals surface area contributed by atoms with Gasteiger partial charge in [-0.25, -0.2) is 8.42 Å². The Bertz CT molecular complexity index is 1430. The van der Waals surface area contributed by atoms with E-state index in [1.54, 1.807) is 24.3 Å². The van der Waals surface area contributed by atoms with E-state index in [0.29, 0.717) is 12.2 Å². The second-order valence-electron chi connectivity index (χ2n) is 9.89. The van der Waals surface area contributed by atoms with E-state index in [1.165, 1.54) is 36.3 Å². The lowest BCUT2D eigenvalue weighted by atomic mass is 10.1.